The number of halogens is 2. The third-order valence-electron chi connectivity index (χ3n) is 7.37. The third kappa shape index (κ3) is 7.52. The lowest BCUT2D eigenvalue weighted by molar-refractivity contribution is -0.133. The fourth-order valence-corrected chi connectivity index (χ4v) is 5.57. The van der Waals surface area contributed by atoms with Crippen molar-refractivity contribution in [1.82, 2.24) is 39.9 Å². The first kappa shape index (κ1) is 31.3. The van der Waals surface area contributed by atoms with E-state index >= 15 is 0 Å². The van der Waals surface area contributed by atoms with E-state index in [1.165, 1.54) is 39.4 Å². The molecule has 0 atom stereocenters. The van der Waals surface area contributed by atoms with E-state index in [2.05, 4.69) is 31.1 Å². The molecule has 0 bridgehead atoms. The Labute approximate surface area is 257 Å². The van der Waals surface area contributed by atoms with Gasteiger partial charge in [-0.25, -0.2) is 9.50 Å². The molecule has 4 aromatic rings. The van der Waals surface area contributed by atoms with Gasteiger partial charge in [-0.05, 0) is 69.9 Å². The number of anilines is 1. The van der Waals surface area contributed by atoms with Crippen molar-refractivity contribution < 1.29 is 23.1 Å². The molecular formula is C29H35F2N9O3S. The van der Waals surface area contributed by atoms with Crippen molar-refractivity contribution >= 4 is 34.9 Å². The molecule has 234 valence electrons. The molecular weight excluding hydrogens is 592 g/mol. The van der Waals surface area contributed by atoms with Crippen molar-refractivity contribution in [2.75, 3.05) is 44.8 Å². The van der Waals surface area contributed by atoms with E-state index in [1.807, 2.05) is 13.3 Å². The normalized spacial score (nSPS) is 14.0. The molecule has 3 aromatic heterocycles. The summed E-state index contributed by atoms with van der Waals surface area (Å²) in [4.78, 5) is 33.5. The van der Waals surface area contributed by atoms with Crippen LogP contribution in [-0.4, -0.2) is 93.2 Å². The highest BCUT2D eigenvalue weighted by atomic mass is 32.2. The number of fused-ring (bicyclic) bond motifs is 1. The molecule has 1 aliphatic rings. The van der Waals surface area contributed by atoms with Crippen molar-refractivity contribution in [2.24, 2.45) is 0 Å². The summed E-state index contributed by atoms with van der Waals surface area (Å²) in [6, 6.07) is 6.82. The van der Waals surface area contributed by atoms with E-state index in [0.717, 1.165) is 37.2 Å². The van der Waals surface area contributed by atoms with Gasteiger partial charge >= 0.3 is 6.61 Å². The maximum absolute atomic E-state index is 13.4. The zero-order valence-corrected chi connectivity index (χ0v) is 25.3. The average Bonchev–Trinajstić information content (AvgIpc) is 3.63. The number of aromatic nitrogens is 5. The quantitative estimate of drug-likeness (QED) is 0.151. The molecule has 44 heavy (non-hydrogen) atoms. The van der Waals surface area contributed by atoms with Crippen LogP contribution in [0.25, 0.3) is 16.9 Å². The number of ether oxygens (including phenoxy) is 1. The van der Waals surface area contributed by atoms with Crippen LogP contribution in [0.1, 0.15) is 29.6 Å². The summed E-state index contributed by atoms with van der Waals surface area (Å²) in [5, 5.41) is 18.3. The van der Waals surface area contributed by atoms with Gasteiger partial charge in [-0.1, -0.05) is 0 Å². The number of rotatable bonds is 13. The minimum absolute atomic E-state index is 0.0886. The lowest BCUT2D eigenvalue weighted by atomic mass is 10.0. The highest BCUT2D eigenvalue weighted by Gasteiger charge is 2.25. The Bertz CT molecular complexity index is 1590. The fourth-order valence-electron chi connectivity index (χ4n) is 5.13. The summed E-state index contributed by atoms with van der Waals surface area (Å²) in [6.07, 6.45) is 10.7. The SMILES string of the molecule is CNCCCNC1CCN(C(=O)Cn2cc(NC(=O)c3cnn4cccnc34)c(-c3cc(SC)ccc3OC(F)F)n2)CC1. The van der Waals surface area contributed by atoms with Gasteiger partial charge < -0.3 is 25.6 Å². The molecule has 5 rings (SSSR count). The molecule has 1 saturated heterocycles. The second-order valence-corrected chi connectivity index (χ2v) is 11.2. The highest BCUT2D eigenvalue weighted by Crippen LogP contribution is 2.38. The van der Waals surface area contributed by atoms with Crippen molar-refractivity contribution in [1.29, 1.82) is 0 Å². The summed E-state index contributed by atoms with van der Waals surface area (Å²) in [7, 11) is 1.93. The van der Waals surface area contributed by atoms with Crippen molar-refractivity contribution in [3.05, 3.63) is 54.6 Å². The number of carbonyl (C=O) groups is 2. The topological polar surface area (TPSA) is 131 Å². The van der Waals surface area contributed by atoms with Crippen LogP contribution in [0.15, 0.2) is 53.9 Å². The number of hydrogen-bond acceptors (Lipinski definition) is 9. The minimum Gasteiger partial charge on any atom is -0.434 e. The molecule has 1 fully saturated rings. The number of alkyl halides is 2. The Morgan fingerprint density at radius 3 is 2.77 bits per heavy atom. The molecule has 0 unspecified atom stereocenters. The number of piperidine rings is 1. The molecule has 0 aliphatic carbocycles. The van der Waals surface area contributed by atoms with Gasteiger partial charge in [-0.15, -0.1) is 11.8 Å². The van der Waals surface area contributed by atoms with E-state index in [9.17, 15) is 18.4 Å². The van der Waals surface area contributed by atoms with Gasteiger partial charge in [0, 0.05) is 48.2 Å². The van der Waals surface area contributed by atoms with Crippen LogP contribution in [0.2, 0.25) is 0 Å². The number of nitrogens with zero attached hydrogens (tertiary/aromatic N) is 6. The molecule has 0 saturated carbocycles. The van der Waals surface area contributed by atoms with Crippen LogP contribution in [0.5, 0.6) is 5.75 Å². The van der Waals surface area contributed by atoms with Crippen LogP contribution in [0, 0.1) is 0 Å². The largest absolute Gasteiger partial charge is 0.434 e. The lowest BCUT2D eigenvalue weighted by Crippen LogP contribution is -2.46. The second-order valence-electron chi connectivity index (χ2n) is 10.3. The lowest BCUT2D eigenvalue weighted by Gasteiger charge is -2.32. The summed E-state index contributed by atoms with van der Waals surface area (Å²) in [6.45, 7) is -0.0552. The van der Waals surface area contributed by atoms with Gasteiger partial charge in [0.2, 0.25) is 5.91 Å². The first-order valence-corrected chi connectivity index (χ1v) is 15.5. The number of benzene rings is 1. The molecule has 15 heteroatoms. The molecule has 1 aromatic carbocycles. The number of hydrogen-bond donors (Lipinski definition) is 3. The summed E-state index contributed by atoms with van der Waals surface area (Å²) in [5.74, 6) is -0.751. The van der Waals surface area contributed by atoms with Crippen LogP contribution in [-0.2, 0) is 11.3 Å². The molecule has 1 aliphatic heterocycles. The van der Waals surface area contributed by atoms with Gasteiger partial charge in [0.05, 0.1) is 11.9 Å². The standard InChI is InChI=1S/C29H35F2N9O3S/c1-32-9-3-10-33-19-7-13-38(14-8-19)25(41)18-39-17-23(36-28(42)22-16-35-40-12-4-11-34-27(22)40)26(37-39)21-15-20(44-2)5-6-24(21)43-29(30)31/h4-6,11-12,15-17,19,29,32-33H,3,7-10,13-14,18H2,1-2H3,(H,36,42). The maximum atomic E-state index is 13.4. The van der Waals surface area contributed by atoms with Crippen molar-refractivity contribution in [3.63, 3.8) is 0 Å². The third-order valence-corrected chi connectivity index (χ3v) is 8.10. The van der Waals surface area contributed by atoms with Crippen LogP contribution in [0.3, 0.4) is 0 Å². The van der Waals surface area contributed by atoms with Gasteiger partial charge in [-0.3, -0.25) is 14.3 Å². The Morgan fingerprint density at radius 1 is 1.20 bits per heavy atom. The highest BCUT2D eigenvalue weighted by molar-refractivity contribution is 7.98. The van der Waals surface area contributed by atoms with E-state index in [0.29, 0.717) is 24.8 Å². The number of likely N-dealkylation sites (tertiary alicyclic amines) is 1. The zero-order valence-electron chi connectivity index (χ0n) is 24.5. The summed E-state index contributed by atoms with van der Waals surface area (Å²) < 4.78 is 34.4. The van der Waals surface area contributed by atoms with E-state index in [4.69, 9.17) is 4.74 Å². The monoisotopic (exact) mass is 627 g/mol. The number of carbonyl (C=O) groups excluding carboxylic acids is 2. The predicted octanol–water partition coefficient (Wildman–Crippen LogP) is 3.36. The van der Waals surface area contributed by atoms with Gasteiger partial charge in [0.15, 0.2) is 5.65 Å². The van der Waals surface area contributed by atoms with Crippen LogP contribution in [0.4, 0.5) is 14.5 Å². The van der Waals surface area contributed by atoms with E-state index < -0.39 is 12.5 Å². The second kappa shape index (κ2) is 14.6. The molecule has 4 heterocycles. The number of thioether (sulfide) groups is 1. The van der Waals surface area contributed by atoms with E-state index in [1.54, 1.807) is 35.5 Å². The Hall–Kier alpha value is -4.08. The van der Waals surface area contributed by atoms with Crippen LogP contribution >= 0.6 is 11.8 Å². The van der Waals surface area contributed by atoms with Crippen molar-refractivity contribution in [3.8, 4) is 17.0 Å². The Balaban J connectivity index is 1.39. The number of amides is 2. The van der Waals surface area contributed by atoms with Crippen LogP contribution < -0.4 is 20.7 Å². The van der Waals surface area contributed by atoms with Gasteiger partial charge in [0.1, 0.15) is 23.6 Å². The molecule has 2 amide bonds. The first-order chi connectivity index (χ1) is 21.4. The summed E-state index contributed by atoms with van der Waals surface area (Å²) in [5.41, 5.74) is 1.22. The van der Waals surface area contributed by atoms with Gasteiger partial charge in [-0.2, -0.15) is 19.0 Å². The van der Waals surface area contributed by atoms with Gasteiger partial charge in [0.25, 0.3) is 5.91 Å². The predicted molar refractivity (Wildman–Crippen MR) is 163 cm³/mol. The molecule has 0 spiro atoms. The van der Waals surface area contributed by atoms with Crippen molar-refractivity contribution in [2.45, 2.75) is 43.4 Å². The smallest absolute Gasteiger partial charge is 0.387 e. The average molecular weight is 628 g/mol. The molecule has 0 radical (unpaired) electrons. The maximum Gasteiger partial charge on any atom is 0.387 e. The molecule has 3 N–H and O–H groups in total. The zero-order chi connectivity index (χ0) is 31.1. The fraction of sp³-hybridized carbons (Fsp3) is 0.414. The Kier molecular flexibility index (Phi) is 10.4. The minimum atomic E-state index is -3.07. The Morgan fingerprint density at radius 2 is 2.02 bits per heavy atom. The summed E-state index contributed by atoms with van der Waals surface area (Å²) >= 11 is 1.41. The van der Waals surface area contributed by atoms with E-state index in [-0.39, 0.29) is 40.7 Å². The number of nitrogens with one attached hydrogen (secondary N) is 3. The first-order valence-electron chi connectivity index (χ1n) is 14.3. The molecule has 12 nitrogen and oxygen atoms in total.